The molecule has 6 heterocycles. The summed E-state index contributed by atoms with van der Waals surface area (Å²) in [6.45, 7) is 6.16. The van der Waals surface area contributed by atoms with E-state index in [1.807, 2.05) is 18.2 Å². The van der Waals surface area contributed by atoms with E-state index in [0.29, 0.717) is 64.1 Å². The van der Waals surface area contributed by atoms with E-state index in [9.17, 15) is 4.39 Å². The second-order valence-electron chi connectivity index (χ2n) is 11.4. The summed E-state index contributed by atoms with van der Waals surface area (Å²) >= 11 is 0. The molecular formula is C28H36FN5O4. The summed E-state index contributed by atoms with van der Waals surface area (Å²) in [6.07, 6.45) is 3.20. The van der Waals surface area contributed by atoms with Crippen LogP contribution in [0.2, 0.25) is 0 Å². The summed E-state index contributed by atoms with van der Waals surface area (Å²) in [5.74, 6) is 0.852. The molecule has 5 aliphatic rings. The number of nitrogens with two attached hydrogens (primary N) is 1. The SMILES string of the molecule is Nc1ccc2c(c1)[C@]1(COC2)Cc2nc(OCC34CCCN3C[C@H](F)C4)nc(N3CCCOCC3)c2CO1. The minimum absolute atomic E-state index is 0.257. The van der Waals surface area contributed by atoms with Crippen LogP contribution < -0.4 is 15.4 Å². The number of anilines is 2. The zero-order valence-electron chi connectivity index (χ0n) is 21.8. The number of halogens is 1. The molecule has 0 bridgehead atoms. The molecule has 3 saturated heterocycles. The van der Waals surface area contributed by atoms with Crippen molar-refractivity contribution in [2.75, 3.05) is 63.2 Å². The third-order valence-corrected chi connectivity index (χ3v) is 8.97. The van der Waals surface area contributed by atoms with E-state index >= 15 is 0 Å². The van der Waals surface area contributed by atoms with Crippen LogP contribution in [0, 0.1) is 0 Å². The van der Waals surface area contributed by atoms with E-state index in [1.165, 1.54) is 0 Å². The molecule has 38 heavy (non-hydrogen) atoms. The summed E-state index contributed by atoms with van der Waals surface area (Å²) in [5, 5.41) is 0. The molecule has 3 atom stereocenters. The number of hydrogen-bond donors (Lipinski definition) is 1. The zero-order chi connectivity index (χ0) is 25.7. The molecule has 1 aromatic carbocycles. The topological polar surface area (TPSA) is 95.2 Å². The molecule has 0 amide bonds. The Morgan fingerprint density at radius 2 is 2.05 bits per heavy atom. The molecule has 7 rings (SSSR count). The highest BCUT2D eigenvalue weighted by Gasteiger charge is 2.50. The Balaban J connectivity index is 1.24. The van der Waals surface area contributed by atoms with Gasteiger partial charge in [0.25, 0.3) is 0 Å². The molecule has 204 valence electrons. The van der Waals surface area contributed by atoms with Crippen LogP contribution in [0.15, 0.2) is 18.2 Å². The number of fused-ring (bicyclic) bond motifs is 4. The largest absolute Gasteiger partial charge is 0.461 e. The predicted octanol–water partition coefficient (Wildman–Crippen LogP) is 2.74. The molecule has 2 N–H and O–H groups in total. The molecule has 9 nitrogen and oxygen atoms in total. The van der Waals surface area contributed by atoms with Crippen molar-refractivity contribution in [1.82, 2.24) is 14.9 Å². The van der Waals surface area contributed by atoms with Gasteiger partial charge in [0.2, 0.25) is 0 Å². The Hall–Kier alpha value is -2.53. The van der Waals surface area contributed by atoms with Crippen molar-refractivity contribution in [3.05, 3.63) is 40.6 Å². The Morgan fingerprint density at radius 1 is 1.11 bits per heavy atom. The Morgan fingerprint density at radius 3 is 3.00 bits per heavy atom. The molecule has 10 heteroatoms. The van der Waals surface area contributed by atoms with Gasteiger partial charge in [-0.05, 0) is 49.1 Å². The smallest absolute Gasteiger partial charge is 0.318 e. The molecule has 0 aliphatic carbocycles. The first-order valence-corrected chi connectivity index (χ1v) is 13.9. The molecule has 5 aliphatic heterocycles. The van der Waals surface area contributed by atoms with Gasteiger partial charge in [-0.1, -0.05) is 6.07 Å². The van der Waals surface area contributed by atoms with Crippen LogP contribution in [-0.2, 0) is 39.4 Å². The summed E-state index contributed by atoms with van der Waals surface area (Å²) in [7, 11) is 0. The molecule has 0 saturated carbocycles. The van der Waals surface area contributed by atoms with E-state index in [1.54, 1.807) is 0 Å². The van der Waals surface area contributed by atoms with Crippen LogP contribution in [0.5, 0.6) is 6.01 Å². The highest BCUT2D eigenvalue weighted by atomic mass is 19.1. The van der Waals surface area contributed by atoms with Gasteiger partial charge in [0.05, 0.1) is 37.7 Å². The van der Waals surface area contributed by atoms with Crippen molar-refractivity contribution in [3.8, 4) is 6.01 Å². The van der Waals surface area contributed by atoms with E-state index in [4.69, 9.17) is 34.6 Å². The fourth-order valence-electron chi connectivity index (χ4n) is 7.07. The van der Waals surface area contributed by atoms with E-state index in [2.05, 4.69) is 9.80 Å². The van der Waals surface area contributed by atoms with Crippen molar-refractivity contribution in [2.45, 2.75) is 62.6 Å². The summed E-state index contributed by atoms with van der Waals surface area (Å²) in [4.78, 5) is 14.4. The fourth-order valence-corrected chi connectivity index (χ4v) is 7.07. The monoisotopic (exact) mass is 525 g/mol. The maximum Gasteiger partial charge on any atom is 0.318 e. The average Bonchev–Trinajstić information content (AvgIpc) is 3.29. The molecule has 1 spiro atoms. The van der Waals surface area contributed by atoms with Gasteiger partial charge in [-0.25, -0.2) is 4.39 Å². The van der Waals surface area contributed by atoms with Crippen LogP contribution in [0.25, 0.3) is 0 Å². The van der Waals surface area contributed by atoms with E-state index in [0.717, 1.165) is 73.7 Å². The summed E-state index contributed by atoms with van der Waals surface area (Å²) in [5.41, 5.74) is 10.0. The standard InChI is InChI=1S/C28H36FN5O4/c29-20-12-27(5-1-7-34(27)14-20)17-37-26-31-24-13-28(18-36-15-19-3-4-21(30)11-23(19)28)38-16-22(24)25(32-26)33-6-2-9-35-10-8-33/h3-4,11,20H,1-2,5-10,12-18,30H2/t20-,27?,28-/m1/s1. The molecule has 1 unspecified atom stereocenters. The molecular weight excluding hydrogens is 489 g/mol. The Labute approximate surface area is 222 Å². The van der Waals surface area contributed by atoms with Gasteiger partial charge < -0.3 is 29.6 Å². The highest BCUT2D eigenvalue weighted by Crippen LogP contribution is 2.44. The van der Waals surface area contributed by atoms with Crippen LogP contribution in [0.1, 0.15) is 48.1 Å². The molecule has 1 aromatic heterocycles. The quantitative estimate of drug-likeness (QED) is 0.605. The minimum Gasteiger partial charge on any atom is -0.461 e. The van der Waals surface area contributed by atoms with E-state index in [-0.39, 0.29) is 5.54 Å². The van der Waals surface area contributed by atoms with Gasteiger partial charge in [0.15, 0.2) is 0 Å². The number of nitrogens with zero attached hydrogens (tertiary/aromatic N) is 4. The lowest BCUT2D eigenvalue weighted by Gasteiger charge is -2.42. The maximum absolute atomic E-state index is 14.4. The maximum atomic E-state index is 14.4. The number of rotatable bonds is 4. The normalized spacial score (nSPS) is 31.1. The number of nitrogen functional groups attached to an aromatic ring is 1. The molecule has 3 fully saturated rings. The van der Waals surface area contributed by atoms with Gasteiger partial charge in [0.1, 0.15) is 24.2 Å². The first kappa shape index (κ1) is 24.5. The summed E-state index contributed by atoms with van der Waals surface area (Å²) in [6, 6.07) is 6.29. The lowest BCUT2D eigenvalue weighted by Crippen LogP contribution is -2.45. The number of alkyl halides is 1. The van der Waals surface area contributed by atoms with Gasteiger partial charge in [0, 0.05) is 50.3 Å². The number of aromatic nitrogens is 2. The average molecular weight is 526 g/mol. The first-order valence-electron chi connectivity index (χ1n) is 13.9. The van der Waals surface area contributed by atoms with Crippen LogP contribution in [0.3, 0.4) is 0 Å². The molecule has 2 aromatic rings. The van der Waals surface area contributed by atoms with Crippen molar-refractivity contribution in [2.24, 2.45) is 0 Å². The second-order valence-corrected chi connectivity index (χ2v) is 11.4. The van der Waals surface area contributed by atoms with Crippen LogP contribution >= 0.6 is 0 Å². The lowest BCUT2D eigenvalue weighted by atomic mass is 9.82. The van der Waals surface area contributed by atoms with Crippen molar-refractivity contribution in [3.63, 3.8) is 0 Å². The number of hydrogen-bond acceptors (Lipinski definition) is 9. The number of benzene rings is 1. The second kappa shape index (κ2) is 9.59. The highest BCUT2D eigenvalue weighted by molar-refractivity contribution is 5.53. The zero-order valence-corrected chi connectivity index (χ0v) is 21.8. The van der Waals surface area contributed by atoms with Gasteiger partial charge in [-0.3, -0.25) is 4.90 Å². The van der Waals surface area contributed by atoms with Crippen LogP contribution in [0.4, 0.5) is 15.9 Å². The summed E-state index contributed by atoms with van der Waals surface area (Å²) < 4.78 is 39.0. The van der Waals surface area contributed by atoms with Gasteiger partial charge >= 0.3 is 6.01 Å². The lowest BCUT2D eigenvalue weighted by molar-refractivity contribution is -0.136. The third-order valence-electron chi connectivity index (χ3n) is 8.97. The molecule has 0 radical (unpaired) electrons. The number of ether oxygens (including phenoxy) is 4. The van der Waals surface area contributed by atoms with E-state index < -0.39 is 11.8 Å². The third kappa shape index (κ3) is 4.22. The first-order chi connectivity index (χ1) is 18.5. The van der Waals surface area contributed by atoms with Gasteiger partial charge in [-0.15, -0.1) is 0 Å². The van der Waals surface area contributed by atoms with Crippen LogP contribution in [-0.4, -0.2) is 79.2 Å². The Kier molecular flexibility index (Phi) is 6.18. The van der Waals surface area contributed by atoms with Crippen molar-refractivity contribution >= 4 is 11.5 Å². The van der Waals surface area contributed by atoms with Crippen molar-refractivity contribution in [1.29, 1.82) is 0 Å². The van der Waals surface area contributed by atoms with Gasteiger partial charge in [-0.2, -0.15) is 9.97 Å². The fraction of sp³-hybridized carbons (Fsp3) is 0.643. The Bertz CT molecular complexity index is 1210. The van der Waals surface area contributed by atoms with Crippen molar-refractivity contribution < 1.29 is 23.3 Å². The predicted molar refractivity (Wildman–Crippen MR) is 139 cm³/mol. The minimum atomic E-state index is -0.799.